The molecule has 0 spiro atoms. The lowest BCUT2D eigenvalue weighted by Gasteiger charge is -2.69. The molecule has 11 heteroatoms. The third kappa shape index (κ3) is 3.44. The molecule has 0 saturated heterocycles. The van der Waals surface area contributed by atoms with Gasteiger partial charge in [-0.1, -0.05) is 46.8 Å². The van der Waals surface area contributed by atoms with E-state index in [9.17, 15) is 44.7 Å². The Bertz CT molecular complexity index is 1320. The van der Waals surface area contributed by atoms with Crippen LogP contribution in [0.5, 0.6) is 5.75 Å². The lowest BCUT2D eigenvalue weighted by molar-refractivity contribution is -0.306. The van der Waals surface area contributed by atoms with Gasteiger partial charge in [-0.15, -0.1) is 0 Å². The molecule has 1 amide bonds. The summed E-state index contributed by atoms with van der Waals surface area (Å²) in [5.74, 6) is -10.3. The Kier molecular flexibility index (Phi) is 7.07. The van der Waals surface area contributed by atoms with Gasteiger partial charge >= 0.3 is 5.97 Å². The predicted octanol–water partition coefficient (Wildman–Crippen LogP) is 0.291. The molecule has 0 aromatic heterocycles. The van der Waals surface area contributed by atoms with Crippen molar-refractivity contribution in [1.29, 1.82) is 0 Å². The molecule has 7 N–H and O–H groups in total. The van der Waals surface area contributed by atoms with Crippen LogP contribution < -0.4 is 5.73 Å². The number of aliphatic hydroxyl groups excluding tert-OH is 3. The summed E-state index contributed by atoms with van der Waals surface area (Å²) in [6.07, 6.45) is -3.14. The second kappa shape index (κ2) is 9.47. The number of fused-ring (bicyclic) bond motifs is 3. The van der Waals surface area contributed by atoms with Crippen molar-refractivity contribution in [3.05, 3.63) is 34.9 Å². The van der Waals surface area contributed by atoms with Crippen LogP contribution in [0.1, 0.15) is 62.0 Å². The third-order valence-corrected chi connectivity index (χ3v) is 10.2. The van der Waals surface area contributed by atoms with E-state index in [2.05, 4.69) is 4.74 Å². The average Bonchev–Trinajstić information content (AvgIpc) is 2.87. The largest absolute Gasteiger partial charge is 0.507 e. The molecule has 2 unspecified atom stereocenters. The monoisotopic (exact) mass is 559 g/mol. The average molecular weight is 560 g/mol. The molecule has 0 bridgehead atoms. The van der Waals surface area contributed by atoms with Gasteiger partial charge in [-0.05, 0) is 29.4 Å². The van der Waals surface area contributed by atoms with Crippen LogP contribution >= 0.6 is 0 Å². The van der Waals surface area contributed by atoms with E-state index in [1.807, 2.05) is 0 Å². The number of methoxy groups -OCH3 is 1. The lowest BCUT2D eigenvalue weighted by Crippen LogP contribution is -2.83. The first-order chi connectivity index (χ1) is 18.4. The van der Waals surface area contributed by atoms with Crippen molar-refractivity contribution in [2.75, 3.05) is 7.11 Å². The topological polar surface area (TPSA) is 205 Å². The number of primary amides is 1. The number of phenols is 1. The van der Waals surface area contributed by atoms with Crippen molar-refractivity contribution >= 4 is 29.5 Å². The number of benzene rings is 1. The SMILES string of the molecule is COC(=O)/C=C/c1ccc2c(c1O)C(=O)[C@@H]1C(O)[C@@]3(O)C(=O)[C@H](C(N)=O)C(O)[C@H](C(C)C)[C@@]3(C)[C@H](O)[C@@]1(C)[C@@H]2C. The first-order valence-electron chi connectivity index (χ1n) is 13.2. The zero-order valence-corrected chi connectivity index (χ0v) is 23.3. The van der Waals surface area contributed by atoms with Crippen LogP contribution in [0.15, 0.2) is 18.2 Å². The number of aromatic hydroxyl groups is 1. The quantitative estimate of drug-likeness (QED) is 0.169. The maximum absolute atomic E-state index is 14.1. The number of phenolic OH excluding ortho intramolecular Hbond substituents is 1. The van der Waals surface area contributed by atoms with Crippen molar-refractivity contribution < 1.29 is 49.4 Å². The van der Waals surface area contributed by atoms with Crippen LogP contribution in [0.3, 0.4) is 0 Å². The number of hydrogen-bond acceptors (Lipinski definition) is 10. The van der Waals surface area contributed by atoms with Crippen molar-refractivity contribution in [2.24, 2.45) is 40.2 Å². The van der Waals surface area contributed by atoms with Gasteiger partial charge in [0.1, 0.15) is 17.8 Å². The Morgan fingerprint density at radius 1 is 1.12 bits per heavy atom. The molecular weight excluding hydrogens is 522 g/mol. The van der Waals surface area contributed by atoms with E-state index in [4.69, 9.17) is 5.73 Å². The Labute approximate surface area is 231 Å². The first-order valence-corrected chi connectivity index (χ1v) is 13.2. The highest BCUT2D eigenvalue weighted by molar-refractivity contribution is 6.09. The van der Waals surface area contributed by atoms with E-state index in [1.165, 1.54) is 26.2 Å². The molecular formula is C29H37NO10. The molecule has 3 aliphatic carbocycles. The Hall–Kier alpha value is -3.12. The van der Waals surface area contributed by atoms with Crippen LogP contribution in [0.25, 0.3) is 6.08 Å². The third-order valence-electron chi connectivity index (χ3n) is 10.2. The van der Waals surface area contributed by atoms with Crippen molar-refractivity contribution in [3.63, 3.8) is 0 Å². The zero-order valence-electron chi connectivity index (χ0n) is 23.3. The smallest absolute Gasteiger partial charge is 0.330 e. The molecule has 2 fully saturated rings. The van der Waals surface area contributed by atoms with Crippen LogP contribution in [0.4, 0.5) is 0 Å². The van der Waals surface area contributed by atoms with Crippen LogP contribution in [0, 0.1) is 34.5 Å². The number of ketones is 2. The van der Waals surface area contributed by atoms with Gasteiger partial charge in [0, 0.05) is 22.5 Å². The van der Waals surface area contributed by atoms with Gasteiger partial charge in [-0.25, -0.2) is 4.79 Å². The molecule has 0 radical (unpaired) electrons. The second-order valence-electron chi connectivity index (χ2n) is 12.2. The molecule has 4 rings (SSSR count). The fourth-order valence-corrected chi connectivity index (χ4v) is 8.14. The van der Waals surface area contributed by atoms with Crippen LogP contribution in [-0.4, -0.2) is 80.0 Å². The molecule has 3 aliphatic rings. The molecule has 40 heavy (non-hydrogen) atoms. The van der Waals surface area contributed by atoms with Gasteiger partial charge in [0.05, 0.1) is 30.8 Å². The maximum Gasteiger partial charge on any atom is 0.330 e. The fraction of sp³-hybridized carbons (Fsp3) is 0.586. The van der Waals surface area contributed by atoms with Gasteiger partial charge < -0.3 is 36.0 Å². The summed E-state index contributed by atoms with van der Waals surface area (Å²) >= 11 is 0. The minimum absolute atomic E-state index is 0.105. The summed E-state index contributed by atoms with van der Waals surface area (Å²) < 4.78 is 4.57. The number of carbonyl (C=O) groups is 4. The Morgan fingerprint density at radius 3 is 2.25 bits per heavy atom. The summed E-state index contributed by atoms with van der Waals surface area (Å²) in [7, 11) is 1.18. The number of rotatable bonds is 4. The van der Waals surface area contributed by atoms with E-state index in [-0.39, 0.29) is 11.1 Å². The standard InChI is InChI=1S/C29H37NO10/c1-11(2)18-22(34)17(25(30)37)23(35)29(39)24(36)19-21(33)16-14(12(3)27(19,4)26(38)28(18,29)5)9-7-13(20(16)32)8-10-15(31)40-6/h7-12,17-19,22,24,26,32,34,36,38-39H,1-6H3,(H2,30,37)/b10-8+/t12-,17-,18+,19-,22?,24?,26-,27+,28+,29+/m1/s1. The molecule has 1 aromatic carbocycles. The number of ether oxygens (including phenoxy) is 1. The number of amides is 1. The van der Waals surface area contributed by atoms with Gasteiger partial charge in [0.15, 0.2) is 17.2 Å². The molecule has 10 atom stereocenters. The minimum atomic E-state index is -2.85. The molecule has 0 aliphatic heterocycles. The molecule has 11 nitrogen and oxygen atoms in total. The minimum Gasteiger partial charge on any atom is -0.507 e. The lowest BCUT2D eigenvalue weighted by atomic mass is 9.36. The maximum atomic E-state index is 14.1. The summed E-state index contributed by atoms with van der Waals surface area (Å²) in [6.45, 7) is 8.03. The molecule has 218 valence electrons. The van der Waals surface area contributed by atoms with Gasteiger partial charge in [0.2, 0.25) is 5.91 Å². The van der Waals surface area contributed by atoms with E-state index >= 15 is 0 Å². The second-order valence-corrected chi connectivity index (χ2v) is 12.2. The van der Waals surface area contributed by atoms with Crippen molar-refractivity contribution in [3.8, 4) is 5.75 Å². The van der Waals surface area contributed by atoms with Crippen molar-refractivity contribution in [1.82, 2.24) is 0 Å². The van der Waals surface area contributed by atoms with Crippen LogP contribution in [0.2, 0.25) is 0 Å². The number of aliphatic hydroxyl groups is 4. The van der Waals surface area contributed by atoms with Crippen LogP contribution in [-0.2, 0) is 19.1 Å². The number of carbonyl (C=O) groups excluding carboxylic acids is 4. The summed E-state index contributed by atoms with van der Waals surface area (Å²) in [5, 5.41) is 58.5. The number of esters is 1. The van der Waals surface area contributed by atoms with E-state index < -0.39 is 93.5 Å². The number of nitrogens with two attached hydrogens (primary N) is 1. The first kappa shape index (κ1) is 29.9. The number of Topliss-reactive ketones (excluding diaryl/α,β-unsaturated/α-hetero) is 2. The van der Waals surface area contributed by atoms with E-state index in [0.717, 1.165) is 6.08 Å². The normalized spacial score (nSPS) is 40.9. The van der Waals surface area contributed by atoms with Gasteiger partial charge in [-0.2, -0.15) is 0 Å². The predicted molar refractivity (Wildman–Crippen MR) is 141 cm³/mol. The fourth-order valence-electron chi connectivity index (χ4n) is 8.14. The highest BCUT2D eigenvalue weighted by atomic mass is 16.5. The summed E-state index contributed by atoms with van der Waals surface area (Å²) in [5.41, 5.74) is -0.512. The van der Waals surface area contributed by atoms with Gasteiger partial charge in [0.25, 0.3) is 0 Å². The highest BCUT2D eigenvalue weighted by Gasteiger charge is 2.80. The summed E-state index contributed by atoms with van der Waals surface area (Å²) in [6, 6.07) is 3.06. The van der Waals surface area contributed by atoms with Gasteiger partial charge in [-0.3, -0.25) is 14.4 Å². The van der Waals surface area contributed by atoms with E-state index in [0.29, 0.717) is 5.56 Å². The summed E-state index contributed by atoms with van der Waals surface area (Å²) in [4.78, 5) is 51.8. The van der Waals surface area contributed by atoms with E-state index in [1.54, 1.807) is 33.8 Å². The molecule has 0 heterocycles. The Morgan fingerprint density at radius 2 is 1.73 bits per heavy atom. The number of hydrogen-bond donors (Lipinski definition) is 6. The zero-order chi connectivity index (χ0) is 30.3. The Balaban J connectivity index is 1.99. The molecule has 1 aromatic rings. The highest BCUT2D eigenvalue weighted by Crippen LogP contribution is 2.68. The molecule has 2 saturated carbocycles. The van der Waals surface area contributed by atoms with Crippen molar-refractivity contribution in [2.45, 2.75) is 64.4 Å².